The molecule has 1 aromatic heterocycles. The Kier molecular flexibility index (Phi) is 3.85. The lowest BCUT2D eigenvalue weighted by molar-refractivity contribution is 0.0594. The van der Waals surface area contributed by atoms with Crippen LogP contribution in [0.3, 0.4) is 0 Å². The van der Waals surface area contributed by atoms with E-state index < -0.39 is 11.8 Å². The van der Waals surface area contributed by atoms with E-state index in [-0.39, 0.29) is 22.0 Å². The fourth-order valence-corrected chi connectivity index (χ4v) is 1.92. The Morgan fingerprint density at radius 2 is 2.16 bits per heavy atom. The number of benzene rings is 1. The van der Waals surface area contributed by atoms with Gasteiger partial charge in [-0.1, -0.05) is 11.6 Å². The summed E-state index contributed by atoms with van der Waals surface area (Å²) in [6, 6.07) is 4.02. The van der Waals surface area contributed by atoms with Crippen LogP contribution in [0.2, 0.25) is 5.02 Å². The predicted molar refractivity (Wildman–Crippen MR) is 69.2 cm³/mol. The number of pyridine rings is 1. The highest BCUT2D eigenvalue weighted by molar-refractivity contribution is 6.35. The number of esters is 1. The van der Waals surface area contributed by atoms with Crippen LogP contribution in [0.15, 0.2) is 18.2 Å². The number of nitrogens with zero attached hydrogens (tertiary/aromatic N) is 1. The van der Waals surface area contributed by atoms with Gasteiger partial charge >= 0.3 is 5.97 Å². The van der Waals surface area contributed by atoms with Crippen LogP contribution in [0.1, 0.15) is 17.4 Å². The van der Waals surface area contributed by atoms with E-state index >= 15 is 0 Å². The third kappa shape index (κ3) is 2.61. The lowest BCUT2D eigenvalue weighted by atomic mass is 10.2. The molecule has 0 saturated heterocycles. The van der Waals surface area contributed by atoms with Gasteiger partial charge in [-0.05, 0) is 19.1 Å². The fraction of sp³-hybridized carbons (Fsp3) is 0.231. The average molecular weight is 284 g/mol. The highest BCUT2D eigenvalue weighted by Crippen LogP contribution is 2.29. The molecule has 0 aliphatic heterocycles. The van der Waals surface area contributed by atoms with Gasteiger partial charge < -0.3 is 9.47 Å². The van der Waals surface area contributed by atoms with E-state index in [1.807, 2.05) is 0 Å². The molecule has 2 rings (SSSR count). The first-order chi connectivity index (χ1) is 9.06. The molecule has 0 saturated carbocycles. The minimum absolute atomic E-state index is 0.0311. The second-order valence-corrected chi connectivity index (χ2v) is 4.12. The summed E-state index contributed by atoms with van der Waals surface area (Å²) in [6.07, 6.45) is 0. The summed E-state index contributed by atoms with van der Waals surface area (Å²) in [5, 5.41) is 0.797. The largest absolute Gasteiger partial charge is 0.491 e. The molecule has 6 heteroatoms. The Bertz CT molecular complexity index is 645. The number of methoxy groups -OCH3 is 1. The molecule has 0 amide bonds. The van der Waals surface area contributed by atoms with Gasteiger partial charge in [0.25, 0.3) is 0 Å². The third-order valence-electron chi connectivity index (χ3n) is 2.51. The van der Waals surface area contributed by atoms with Gasteiger partial charge in [-0.3, -0.25) is 0 Å². The number of carbonyl (C=O) groups excluding carboxylic acids is 1. The molecule has 0 spiro atoms. The zero-order valence-corrected chi connectivity index (χ0v) is 11.1. The maximum absolute atomic E-state index is 13.7. The molecule has 0 radical (unpaired) electrons. The van der Waals surface area contributed by atoms with Gasteiger partial charge in [0, 0.05) is 11.5 Å². The fourth-order valence-electron chi connectivity index (χ4n) is 1.66. The number of fused-ring (bicyclic) bond motifs is 1. The highest BCUT2D eigenvalue weighted by atomic mass is 35.5. The Balaban J connectivity index is 2.63. The van der Waals surface area contributed by atoms with E-state index in [4.69, 9.17) is 16.3 Å². The Labute approximate surface area is 114 Å². The number of hydrogen-bond acceptors (Lipinski definition) is 4. The average Bonchev–Trinajstić information content (AvgIpc) is 2.39. The number of ether oxygens (including phenoxy) is 2. The summed E-state index contributed by atoms with van der Waals surface area (Å²) in [5.74, 6) is -1.08. The second kappa shape index (κ2) is 5.40. The van der Waals surface area contributed by atoms with Crippen molar-refractivity contribution in [2.24, 2.45) is 0 Å². The van der Waals surface area contributed by atoms with Gasteiger partial charge in [-0.2, -0.15) is 0 Å². The van der Waals surface area contributed by atoms with Gasteiger partial charge in [0.15, 0.2) is 17.3 Å². The molecule has 0 bridgehead atoms. The minimum atomic E-state index is -0.627. The quantitative estimate of drug-likeness (QED) is 0.812. The Morgan fingerprint density at radius 3 is 2.79 bits per heavy atom. The zero-order valence-electron chi connectivity index (χ0n) is 10.4. The molecular formula is C13H11ClFNO3. The summed E-state index contributed by atoms with van der Waals surface area (Å²) in [5.41, 5.74) is 0.303. The number of halogens is 2. The summed E-state index contributed by atoms with van der Waals surface area (Å²) in [6.45, 7) is 2.09. The van der Waals surface area contributed by atoms with Crippen LogP contribution >= 0.6 is 11.6 Å². The van der Waals surface area contributed by atoms with E-state index in [2.05, 4.69) is 9.72 Å². The third-order valence-corrected chi connectivity index (χ3v) is 2.82. The van der Waals surface area contributed by atoms with E-state index in [9.17, 15) is 9.18 Å². The number of rotatable bonds is 3. The Morgan fingerprint density at radius 1 is 1.42 bits per heavy atom. The van der Waals surface area contributed by atoms with Crippen LogP contribution in [0.5, 0.6) is 5.75 Å². The van der Waals surface area contributed by atoms with Gasteiger partial charge in [-0.15, -0.1) is 0 Å². The first-order valence-electron chi connectivity index (χ1n) is 5.57. The molecular weight excluding hydrogens is 273 g/mol. The van der Waals surface area contributed by atoms with E-state index in [0.717, 1.165) is 0 Å². The van der Waals surface area contributed by atoms with E-state index in [1.54, 1.807) is 6.92 Å². The van der Waals surface area contributed by atoms with Crippen LogP contribution in [0.25, 0.3) is 10.9 Å². The van der Waals surface area contributed by atoms with Gasteiger partial charge in [-0.25, -0.2) is 14.2 Å². The summed E-state index contributed by atoms with van der Waals surface area (Å²) >= 11 is 6.06. The van der Waals surface area contributed by atoms with Gasteiger partial charge in [0.2, 0.25) is 0 Å². The molecule has 4 nitrogen and oxygen atoms in total. The van der Waals surface area contributed by atoms with Gasteiger partial charge in [0.1, 0.15) is 0 Å². The highest BCUT2D eigenvalue weighted by Gasteiger charge is 2.14. The molecule has 2 aromatic rings. The van der Waals surface area contributed by atoms with Gasteiger partial charge in [0.05, 0.1) is 24.3 Å². The molecule has 0 atom stereocenters. The topological polar surface area (TPSA) is 48.4 Å². The normalized spacial score (nSPS) is 10.5. The second-order valence-electron chi connectivity index (χ2n) is 3.71. The summed E-state index contributed by atoms with van der Waals surface area (Å²) in [4.78, 5) is 15.4. The Hall–Kier alpha value is -1.88. The molecule has 1 aromatic carbocycles. The molecule has 0 aliphatic carbocycles. The monoisotopic (exact) mass is 283 g/mol. The first kappa shape index (κ1) is 13.5. The zero-order chi connectivity index (χ0) is 14.0. The smallest absolute Gasteiger partial charge is 0.356 e. The lowest BCUT2D eigenvalue weighted by Crippen LogP contribution is -2.05. The van der Waals surface area contributed by atoms with Crippen molar-refractivity contribution in [3.63, 3.8) is 0 Å². The van der Waals surface area contributed by atoms with Crippen molar-refractivity contribution in [3.05, 3.63) is 34.7 Å². The van der Waals surface area contributed by atoms with Crippen molar-refractivity contribution in [2.75, 3.05) is 13.7 Å². The first-order valence-corrected chi connectivity index (χ1v) is 5.95. The van der Waals surface area contributed by atoms with Crippen molar-refractivity contribution < 1.29 is 18.7 Å². The minimum Gasteiger partial charge on any atom is -0.491 e. The predicted octanol–water partition coefficient (Wildman–Crippen LogP) is 3.21. The molecule has 0 fully saturated rings. The van der Waals surface area contributed by atoms with Crippen LogP contribution in [-0.4, -0.2) is 24.7 Å². The van der Waals surface area contributed by atoms with Crippen molar-refractivity contribution >= 4 is 28.5 Å². The maximum Gasteiger partial charge on any atom is 0.356 e. The molecule has 0 N–H and O–H groups in total. The number of aromatic nitrogens is 1. The standard InChI is InChI=1S/C13H11ClFNO3/c1-3-19-12-4-7-8(14)5-11(13(17)18-2)16-10(7)6-9(12)15/h4-6H,3H2,1-2H3. The van der Waals surface area contributed by atoms with Crippen LogP contribution in [-0.2, 0) is 4.74 Å². The maximum atomic E-state index is 13.7. The molecule has 100 valence electrons. The SMILES string of the molecule is CCOc1cc2c(Cl)cc(C(=O)OC)nc2cc1F. The molecule has 0 unspecified atom stereocenters. The van der Waals surface area contributed by atoms with Crippen molar-refractivity contribution in [3.8, 4) is 5.75 Å². The van der Waals surface area contributed by atoms with Crippen molar-refractivity contribution in [2.45, 2.75) is 6.92 Å². The molecule has 19 heavy (non-hydrogen) atoms. The summed E-state index contributed by atoms with van der Waals surface area (Å²) < 4.78 is 23.4. The molecule has 0 aliphatic rings. The number of hydrogen-bond donors (Lipinski definition) is 0. The van der Waals surface area contributed by atoms with Crippen LogP contribution in [0, 0.1) is 5.82 Å². The van der Waals surface area contributed by atoms with Crippen LogP contribution < -0.4 is 4.74 Å². The lowest BCUT2D eigenvalue weighted by Gasteiger charge is -2.08. The summed E-state index contributed by atoms with van der Waals surface area (Å²) in [7, 11) is 1.24. The molecule has 1 heterocycles. The van der Waals surface area contributed by atoms with E-state index in [0.29, 0.717) is 12.0 Å². The van der Waals surface area contributed by atoms with E-state index in [1.165, 1.54) is 25.3 Å². The van der Waals surface area contributed by atoms with Crippen molar-refractivity contribution in [1.29, 1.82) is 0 Å². The number of carbonyl (C=O) groups is 1. The van der Waals surface area contributed by atoms with Crippen molar-refractivity contribution in [1.82, 2.24) is 4.98 Å². The van der Waals surface area contributed by atoms with Crippen LogP contribution in [0.4, 0.5) is 4.39 Å².